The Morgan fingerprint density at radius 1 is 1.63 bits per heavy atom. The zero-order chi connectivity index (χ0) is 14.3. The highest BCUT2D eigenvalue weighted by atomic mass is 32.2. The van der Waals surface area contributed by atoms with Crippen molar-refractivity contribution >= 4 is 23.4 Å². The molecule has 0 saturated heterocycles. The summed E-state index contributed by atoms with van der Waals surface area (Å²) in [5.74, 6) is 1.03. The summed E-state index contributed by atoms with van der Waals surface area (Å²) in [6.45, 7) is 4.65. The van der Waals surface area contributed by atoms with Gasteiger partial charge in [-0.1, -0.05) is 25.6 Å². The summed E-state index contributed by atoms with van der Waals surface area (Å²) < 4.78 is 0. The molecular formula is C11H18N4O3S. The van der Waals surface area contributed by atoms with E-state index in [1.54, 1.807) is 0 Å². The van der Waals surface area contributed by atoms with E-state index in [9.17, 15) is 10.1 Å². The predicted octanol–water partition coefficient (Wildman–Crippen LogP) is 1.93. The highest BCUT2D eigenvalue weighted by Gasteiger charge is 2.18. The molecule has 1 aromatic heterocycles. The fraction of sp³-hybridized carbons (Fsp3) is 0.636. The number of aromatic nitrogens is 2. The van der Waals surface area contributed by atoms with Crippen LogP contribution in [0.3, 0.4) is 0 Å². The van der Waals surface area contributed by atoms with Gasteiger partial charge in [0.15, 0.2) is 5.03 Å². The highest BCUT2D eigenvalue weighted by molar-refractivity contribution is 7.99. The van der Waals surface area contributed by atoms with Crippen molar-refractivity contribution in [2.75, 3.05) is 24.2 Å². The third-order valence-corrected chi connectivity index (χ3v) is 3.59. The highest BCUT2D eigenvalue weighted by Crippen LogP contribution is 2.28. The van der Waals surface area contributed by atoms with Crippen molar-refractivity contribution in [2.45, 2.75) is 25.3 Å². The van der Waals surface area contributed by atoms with Crippen LogP contribution >= 0.6 is 11.8 Å². The number of anilines is 1. The van der Waals surface area contributed by atoms with Crippen molar-refractivity contribution in [1.29, 1.82) is 0 Å². The zero-order valence-electron chi connectivity index (χ0n) is 11.0. The van der Waals surface area contributed by atoms with E-state index in [2.05, 4.69) is 15.3 Å². The van der Waals surface area contributed by atoms with E-state index in [4.69, 9.17) is 5.11 Å². The van der Waals surface area contributed by atoms with Crippen molar-refractivity contribution in [3.8, 4) is 0 Å². The molecule has 1 rings (SSSR count). The zero-order valence-corrected chi connectivity index (χ0v) is 11.8. The Balaban J connectivity index is 2.85. The van der Waals surface area contributed by atoms with Gasteiger partial charge in [0.05, 0.1) is 4.92 Å². The van der Waals surface area contributed by atoms with Crippen LogP contribution in [0.5, 0.6) is 0 Å². The van der Waals surface area contributed by atoms with Crippen molar-refractivity contribution < 1.29 is 10.0 Å². The molecule has 0 amide bonds. The van der Waals surface area contributed by atoms with Gasteiger partial charge in [-0.2, -0.15) is 4.98 Å². The normalized spacial score (nSPS) is 12.2. The molecule has 0 aliphatic heterocycles. The number of thioether (sulfide) groups is 1. The first-order chi connectivity index (χ1) is 9.08. The van der Waals surface area contributed by atoms with Gasteiger partial charge in [-0.25, -0.2) is 4.98 Å². The van der Waals surface area contributed by atoms with E-state index in [1.165, 1.54) is 18.0 Å². The van der Waals surface area contributed by atoms with Crippen LogP contribution in [0, 0.1) is 16.0 Å². The molecule has 7 nitrogen and oxygen atoms in total. The molecule has 1 unspecified atom stereocenters. The number of nitrogens with one attached hydrogen (secondary N) is 1. The van der Waals surface area contributed by atoms with E-state index in [1.807, 2.05) is 13.8 Å². The van der Waals surface area contributed by atoms with Gasteiger partial charge in [-0.15, -0.1) is 0 Å². The maximum Gasteiger partial charge on any atom is 0.319 e. The second kappa shape index (κ2) is 7.90. The second-order valence-electron chi connectivity index (χ2n) is 4.17. The summed E-state index contributed by atoms with van der Waals surface area (Å²) in [6, 6.07) is 0. The lowest BCUT2D eigenvalue weighted by Crippen LogP contribution is -2.08. The number of aliphatic hydroxyl groups is 1. The summed E-state index contributed by atoms with van der Waals surface area (Å²) in [5, 5.41) is 23.2. The van der Waals surface area contributed by atoms with Crippen LogP contribution in [0.2, 0.25) is 0 Å². The summed E-state index contributed by atoms with van der Waals surface area (Å²) in [5.41, 5.74) is -0.0998. The quantitative estimate of drug-likeness (QED) is 0.326. The molecule has 0 saturated carbocycles. The topological polar surface area (TPSA) is 101 Å². The smallest absolute Gasteiger partial charge is 0.319 e. The fourth-order valence-electron chi connectivity index (χ4n) is 1.19. The van der Waals surface area contributed by atoms with Crippen LogP contribution in [-0.4, -0.2) is 38.9 Å². The number of hydrogen-bond donors (Lipinski definition) is 2. The molecule has 0 spiro atoms. The third-order valence-electron chi connectivity index (χ3n) is 2.28. The van der Waals surface area contributed by atoms with E-state index < -0.39 is 4.92 Å². The van der Waals surface area contributed by atoms with Crippen molar-refractivity contribution in [3.63, 3.8) is 0 Å². The van der Waals surface area contributed by atoms with Gasteiger partial charge >= 0.3 is 5.69 Å². The Hall–Kier alpha value is -1.41. The molecule has 0 bridgehead atoms. The van der Waals surface area contributed by atoms with Gasteiger partial charge in [0.1, 0.15) is 6.20 Å². The van der Waals surface area contributed by atoms with Gasteiger partial charge in [0, 0.05) is 18.9 Å². The van der Waals surface area contributed by atoms with Gasteiger partial charge < -0.3 is 10.4 Å². The van der Waals surface area contributed by atoms with Gasteiger partial charge in [-0.3, -0.25) is 10.1 Å². The van der Waals surface area contributed by atoms with Crippen LogP contribution in [-0.2, 0) is 0 Å². The molecule has 106 valence electrons. The van der Waals surface area contributed by atoms with E-state index in [0.717, 1.165) is 13.0 Å². The first-order valence-corrected chi connectivity index (χ1v) is 7.06. The molecule has 8 heteroatoms. The maximum absolute atomic E-state index is 10.9. The van der Waals surface area contributed by atoms with Gasteiger partial charge in [-0.05, 0) is 12.3 Å². The van der Waals surface area contributed by atoms with Crippen molar-refractivity contribution in [2.24, 2.45) is 5.92 Å². The number of nitro groups is 1. The minimum Gasteiger partial charge on any atom is -0.396 e. The van der Waals surface area contributed by atoms with Gasteiger partial charge in [0.25, 0.3) is 0 Å². The Kier molecular flexibility index (Phi) is 6.51. The molecule has 0 radical (unpaired) electrons. The second-order valence-corrected chi connectivity index (χ2v) is 5.18. The molecule has 1 aromatic rings. The average molecular weight is 286 g/mol. The molecule has 0 aromatic carbocycles. The van der Waals surface area contributed by atoms with Crippen LogP contribution < -0.4 is 5.32 Å². The molecular weight excluding hydrogens is 268 g/mol. The molecule has 2 N–H and O–H groups in total. The Morgan fingerprint density at radius 3 is 2.95 bits per heavy atom. The molecule has 1 heterocycles. The maximum atomic E-state index is 10.9. The minimum absolute atomic E-state index is 0.0484. The van der Waals surface area contributed by atoms with E-state index in [0.29, 0.717) is 16.7 Å². The molecule has 19 heavy (non-hydrogen) atoms. The fourth-order valence-corrected chi connectivity index (χ4v) is 2.16. The number of rotatable bonds is 8. The van der Waals surface area contributed by atoms with Crippen LogP contribution in [0.25, 0.3) is 0 Å². The van der Waals surface area contributed by atoms with Crippen LogP contribution in [0.15, 0.2) is 11.2 Å². The number of hydrogen-bond acceptors (Lipinski definition) is 7. The molecule has 0 aliphatic carbocycles. The first-order valence-electron chi connectivity index (χ1n) is 6.07. The Bertz CT molecular complexity index is 430. The monoisotopic (exact) mass is 286 g/mol. The van der Waals surface area contributed by atoms with E-state index in [-0.39, 0.29) is 18.2 Å². The largest absolute Gasteiger partial charge is 0.396 e. The average Bonchev–Trinajstić information content (AvgIpc) is 2.42. The third kappa shape index (κ3) is 4.99. The lowest BCUT2D eigenvalue weighted by Gasteiger charge is -2.08. The van der Waals surface area contributed by atoms with Crippen molar-refractivity contribution in [1.82, 2.24) is 9.97 Å². The van der Waals surface area contributed by atoms with Crippen LogP contribution in [0.4, 0.5) is 11.6 Å². The Morgan fingerprint density at radius 2 is 2.37 bits per heavy atom. The summed E-state index contributed by atoms with van der Waals surface area (Å²) in [6.07, 6.45) is 2.14. The summed E-state index contributed by atoms with van der Waals surface area (Å²) >= 11 is 1.26. The first kappa shape index (κ1) is 15.6. The molecule has 0 fully saturated rings. The van der Waals surface area contributed by atoms with E-state index >= 15 is 0 Å². The lowest BCUT2D eigenvalue weighted by molar-refractivity contribution is -0.388. The van der Waals surface area contributed by atoms with Crippen LogP contribution in [0.1, 0.15) is 20.3 Å². The summed E-state index contributed by atoms with van der Waals surface area (Å²) in [7, 11) is 0. The minimum atomic E-state index is -0.491. The SMILES string of the molecule is CCCNc1ncc([N+](=O)[O-])c(SCC(C)CO)n1. The molecule has 1 atom stereocenters. The Labute approximate surface area is 116 Å². The number of aliphatic hydroxyl groups excluding tert-OH is 1. The van der Waals surface area contributed by atoms with Gasteiger partial charge in [0.2, 0.25) is 5.95 Å². The predicted molar refractivity (Wildman–Crippen MR) is 74.4 cm³/mol. The number of nitrogens with zero attached hydrogens (tertiary/aromatic N) is 3. The summed E-state index contributed by atoms with van der Waals surface area (Å²) in [4.78, 5) is 18.5. The lowest BCUT2D eigenvalue weighted by atomic mass is 10.2. The van der Waals surface area contributed by atoms with Crippen molar-refractivity contribution in [3.05, 3.63) is 16.3 Å². The molecule has 0 aliphatic rings. The standard InChI is InChI=1S/C11H18N4O3S/c1-3-4-12-11-13-5-9(15(17)18)10(14-11)19-7-8(2)6-16/h5,8,16H,3-4,6-7H2,1-2H3,(H,12,13,14).